The molecule has 0 aliphatic rings. The monoisotopic (exact) mass is 333 g/mol. The van der Waals surface area contributed by atoms with Gasteiger partial charge in [-0.1, -0.05) is 16.8 Å². The van der Waals surface area contributed by atoms with E-state index in [0.717, 1.165) is 11.1 Å². The quantitative estimate of drug-likeness (QED) is 0.772. The van der Waals surface area contributed by atoms with Crippen molar-refractivity contribution in [3.63, 3.8) is 0 Å². The van der Waals surface area contributed by atoms with Gasteiger partial charge in [0.15, 0.2) is 11.6 Å². The van der Waals surface area contributed by atoms with Gasteiger partial charge < -0.3 is 15.0 Å². The minimum atomic E-state index is -0.500. The number of nitrogens with zero attached hydrogens (tertiary/aromatic N) is 2. The number of rotatable bonds is 4. The number of nitrogens with two attached hydrogens (primary N) is 1. The van der Waals surface area contributed by atoms with Crippen molar-refractivity contribution >= 4 is 17.4 Å². The first-order chi connectivity index (χ1) is 11.0. The summed E-state index contributed by atoms with van der Waals surface area (Å²) in [6.07, 6.45) is 4.14. The molecule has 0 amide bonds. The Morgan fingerprint density at radius 1 is 1.26 bits per heavy atom. The summed E-state index contributed by atoms with van der Waals surface area (Å²) < 4.78 is 24.0. The lowest BCUT2D eigenvalue weighted by Crippen LogP contribution is -2.07. The third-order valence-corrected chi connectivity index (χ3v) is 3.69. The molecular formula is C16H13ClFN3O2. The molecule has 0 saturated heterocycles. The highest BCUT2D eigenvalue weighted by Gasteiger charge is 2.15. The van der Waals surface area contributed by atoms with Crippen LogP contribution in [0.4, 0.5) is 10.2 Å². The Labute approximate surface area is 136 Å². The highest BCUT2D eigenvalue weighted by molar-refractivity contribution is 6.31. The van der Waals surface area contributed by atoms with Crippen molar-refractivity contribution in [2.75, 3.05) is 5.73 Å². The number of halogens is 2. The molecule has 5 nitrogen and oxygen atoms in total. The van der Waals surface area contributed by atoms with Crippen LogP contribution in [-0.2, 0) is 0 Å². The third kappa shape index (κ3) is 3.27. The summed E-state index contributed by atoms with van der Waals surface area (Å²) in [5, 5.41) is 4.06. The van der Waals surface area contributed by atoms with E-state index in [-0.39, 0.29) is 11.6 Å². The van der Waals surface area contributed by atoms with Gasteiger partial charge in [-0.2, -0.15) is 0 Å². The molecule has 118 valence electrons. The van der Waals surface area contributed by atoms with Crippen molar-refractivity contribution in [1.82, 2.24) is 10.1 Å². The van der Waals surface area contributed by atoms with Crippen molar-refractivity contribution in [3.05, 3.63) is 59.3 Å². The molecule has 0 spiro atoms. The second kappa shape index (κ2) is 6.26. The summed E-state index contributed by atoms with van der Waals surface area (Å²) >= 11 is 6.10. The zero-order chi connectivity index (χ0) is 16.4. The molecule has 23 heavy (non-hydrogen) atoms. The van der Waals surface area contributed by atoms with E-state index < -0.39 is 6.10 Å². The SMILES string of the molecule is CC(Oc1cc(-c2cnoc2)cnc1N)c1cc(F)ccc1Cl. The van der Waals surface area contributed by atoms with E-state index in [0.29, 0.717) is 16.3 Å². The molecule has 2 heterocycles. The molecule has 0 fully saturated rings. The number of ether oxygens (including phenoxy) is 1. The Bertz CT molecular complexity index is 824. The van der Waals surface area contributed by atoms with E-state index in [9.17, 15) is 4.39 Å². The van der Waals surface area contributed by atoms with Crippen molar-refractivity contribution in [2.45, 2.75) is 13.0 Å². The van der Waals surface area contributed by atoms with E-state index in [4.69, 9.17) is 26.6 Å². The fourth-order valence-corrected chi connectivity index (χ4v) is 2.41. The topological polar surface area (TPSA) is 74.2 Å². The number of hydrogen-bond acceptors (Lipinski definition) is 5. The molecule has 0 aliphatic heterocycles. The number of benzene rings is 1. The summed E-state index contributed by atoms with van der Waals surface area (Å²) in [6.45, 7) is 1.76. The highest BCUT2D eigenvalue weighted by atomic mass is 35.5. The molecule has 0 saturated carbocycles. The van der Waals surface area contributed by atoms with Gasteiger partial charge in [0.1, 0.15) is 18.2 Å². The highest BCUT2D eigenvalue weighted by Crippen LogP contribution is 2.32. The van der Waals surface area contributed by atoms with Crippen LogP contribution in [0.15, 0.2) is 47.4 Å². The van der Waals surface area contributed by atoms with Crippen molar-refractivity contribution in [3.8, 4) is 16.9 Å². The molecule has 0 aliphatic carbocycles. The van der Waals surface area contributed by atoms with Gasteiger partial charge in [0.2, 0.25) is 0 Å². The molecule has 1 atom stereocenters. The van der Waals surface area contributed by atoms with Crippen LogP contribution >= 0.6 is 11.6 Å². The van der Waals surface area contributed by atoms with Crippen LogP contribution in [-0.4, -0.2) is 10.1 Å². The lowest BCUT2D eigenvalue weighted by Gasteiger charge is -2.17. The van der Waals surface area contributed by atoms with Crippen molar-refractivity contribution in [1.29, 1.82) is 0 Å². The Kier molecular flexibility index (Phi) is 4.16. The summed E-state index contributed by atoms with van der Waals surface area (Å²) in [4.78, 5) is 4.10. The molecule has 1 aromatic carbocycles. The Morgan fingerprint density at radius 3 is 2.83 bits per heavy atom. The molecule has 0 bridgehead atoms. The van der Waals surface area contributed by atoms with Crippen LogP contribution in [0.3, 0.4) is 0 Å². The molecule has 2 N–H and O–H groups in total. The lowest BCUT2D eigenvalue weighted by atomic mass is 10.1. The number of anilines is 1. The van der Waals surface area contributed by atoms with Gasteiger partial charge in [-0.05, 0) is 31.2 Å². The maximum atomic E-state index is 13.4. The average molecular weight is 334 g/mol. The van der Waals surface area contributed by atoms with Gasteiger partial charge in [0.25, 0.3) is 0 Å². The van der Waals surface area contributed by atoms with Crippen LogP contribution in [0, 0.1) is 5.82 Å². The van der Waals surface area contributed by atoms with Gasteiger partial charge >= 0.3 is 0 Å². The molecule has 3 rings (SSSR count). The number of pyridine rings is 1. The first-order valence-corrected chi connectivity index (χ1v) is 7.19. The first kappa shape index (κ1) is 15.3. The van der Waals surface area contributed by atoms with Crippen molar-refractivity contribution in [2.24, 2.45) is 0 Å². The first-order valence-electron chi connectivity index (χ1n) is 6.81. The molecular weight excluding hydrogens is 321 g/mol. The second-order valence-electron chi connectivity index (χ2n) is 4.95. The van der Waals surface area contributed by atoms with Crippen LogP contribution < -0.4 is 10.5 Å². The predicted octanol–water partition coefficient (Wildman–Crippen LogP) is 4.25. The van der Waals surface area contributed by atoms with E-state index in [1.165, 1.54) is 24.5 Å². The van der Waals surface area contributed by atoms with E-state index in [1.807, 2.05) is 0 Å². The molecule has 2 aromatic heterocycles. The Hall–Kier alpha value is -2.60. The molecule has 7 heteroatoms. The van der Waals surface area contributed by atoms with Gasteiger partial charge in [-0.25, -0.2) is 9.37 Å². The average Bonchev–Trinajstić information content (AvgIpc) is 3.06. The number of nitrogen functional groups attached to an aromatic ring is 1. The fourth-order valence-electron chi connectivity index (χ4n) is 2.13. The fraction of sp³-hybridized carbons (Fsp3) is 0.125. The minimum Gasteiger partial charge on any atom is -0.482 e. The van der Waals surface area contributed by atoms with Crippen LogP contribution in [0.25, 0.3) is 11.1 Å². The number of aromatic nitrogens is 2. The predicted molar refractivity (Wildman–Crippen MR) is 84.6 cm³/mol. The standard InChI is InChI=1S/C16H13ClFN3O2/c1-9(13-5-12(18)2-3-14(13)17)23-15-4-10(6-20-16(15)19)11-7-21-22-8-11/h2-9H,1H3,(H2,19,20). The molecule has 3 aromatic rings. The number of hydrogen-bond donors (Lipinski definition) is 1. The van der Waals surface area contributed by atoms with Gasteiger partial charge in [0.05, 0.1) is 6.20 Å². The minimum absolute atomic E-state index is 0.226. The van der Waals surface area contributed by atoms with Gasteiger partial charge in [0, 0.05) is 27.9 Å². The largest absolute Gasteiger partial charge is 0.482 e. The second-order valence-corrected chi connectivity index (χ2v) is 5.35. The Morgan fingerprint density at radius 2 is 2.09 bits per heavy atom. The zero-order valence-corrected chi connectivity index (χ0v) is 12.9. The van der Waals surface area contributed by atoms with Crippen LogP contribution in [0.5, 0.6) is 5.75 Å². The summed E-state index contributed by atoms with van der Waals surface area (Å²) in [7, 11) is 0. The lowest BCUT2D eigenvalue weighted by molar-refractivity contribution is 0.227. The maximum Gasteiger partial charge on any atom is 0.166 e. The smallest absolute Gasteiger partial charge is 0.166 e. The van der Waals surface area contributed by atoms with Gasteiger partial charge in [-0.3, -0.25) is 0 Å². The molecule has 0 radical (unpaired) electrons. The Balaban J connectivity index is 1.90. The summed E-state index contributed by atoms with van der Waals surface area (Å²) in [6, 6.07) is 5.83. The third-order valence-electron chi connectivity index (χ3n) is 3.35. The van der Waals surface area contributed by atoms with E-state index in [2.05, 4.69) is 10.1 Å². The maximum absolute atomic E-state index is 13.4. The van der Waals surface area contributed by atoms with E-state index >= 15 is 0 Å². The summed E-state index contributed by atoms with van der Waals surface area (Å²) in [5.41, 5.74) is 7.88. The van der Waals surface area contributed by atoms with Crippen LogP contribution in [0.2, 0.25) is 5.02 Å². The van der Waals surface area contributed by atoms with Gasteiger partial charge in [-0.15, -0.1) is 0 Å². The van der Waals surface area contributed by atoms with Crippen molar-refractivity contribution < 1.29 is 13.7 Å². The van der Waals surface area contributed by atoms with E-state index in [1.54, 1.807) is 25.4 Å². The molecule has 1 unspecified atom stereocenters. The normalized spacial score (nSPS) is 12.1. The zero-order valence-electron chi connectivity index (χ0n) is 12.2. The van der Waals surface area contributed by atoms with Crippen LogP contribution in [0.1, 0.15) is 18.6 Å². The summed E-state index contributed by atoms with van der Waals surface area (Å²) in [5.74, 6) is 0.213.